The summed E-state index contributed by atoms with van der Waals surface area (Å²) >= 11 is 3.42. The standard InChI is InChI=1S/C11H13BrN2O/c1-14-8-2-3-9(14)5-7(4-8)10-11(12)13-6-15-10/h4,6,8-9H,2-3,5H2,1H3. The predicted molar refractivity (Wildman–Crippen MR) is 61.4 cm³/mol. The Bertz CT molecular complexity index is 412. The molecule has 1 fully saturated rings. The molecule has 0 aliphatic carbocycles. The highest BCUT2D eigenvalue weighted by Gasteiger charge is 2.35. The lowest BCUT2D eigenvalue weighted by Crippen LogP contribution is -2.34. The van der Waals surface area contributed by atoms with Gasteiger partial charge in [-0.3, -0.25) is 4.90 Å². The van der Waals surface area contributed by atoms with Gasteiger partial charge in [0.2, 0.25) is 0 Å². The quantitative estimate of drug-likeness (QED) is 0.785. The molecule has 80 valence electrons. The Labute approximate surface area is 97.3 Å². The topological polar surface area (TPSA) is 29.3 Å². The first kappa shape index (κ1) is 9.60. The van der Waals surface area contributed by atoms with Gasteiger partial charge in [0.05, 0.1) is 0 Å². The first-order valence-corrected chi connectivity index (χ1v) is 6.07. The van der Waals surface area contributed by atoms with Crippen molar-refractivity contribution >= 4 is 21.5 Å². The van der Waals surface area contributed by atoms with E-state index in [0.717, 1.165) is 16.8 Å². The van der Waals surface area contributed by atoms with Gasteiger partial charge in [0.1, 0.15) is 0 Å². The zero-order valence-electron chi connectivity index (χ0n) is 8.61. The van der Waals surface area contributed by atoms with Gasteiger partial charge in [0, 0.05) is 12.1 Å². The van der Waals surface area contributed by atoms with Gasteiger partial charge in [0.25, 0.3) is 0 Å². The van der Waals surface area contributed by atoms with Gasteiger partial charge in [-0.25, -0.2) is 4.98 Å². The molecule has 3 rings (SSSR count). The summed E-state index contributed by atoms with van der Waals surface area (Å²) in [5.41, 5.74) is 1.31. The van der Waals surface area contributed by atoms with Crippen molar-refractivity contribution in [1.29, 1.82) is 0 Å². The Balaban J connectivity index is 1.97. The van der Waals surface area contributed by atoms with Crippen molar-refractivity contribution in [1.82, 2.24) is 9.88 Å². The lowest BCUT2D eigenvalue weighted by atomic mass is 10.0. The summed E-state index contributed by atoms with van der Waals surface area (Å²) in [6.07, 6.45) is 7.49. The fourth-order valence-corrected chi connectivity index (χ4v) is 3.08. The SMILES string of the molecule is CN1C2C=C(c3ocnc3Br)CC1CC2. The Hall–Kier alpha value is -0.610. The van der Waals surface area contributed by atoms with E-state index in [-0.39, 0.29) is 0 Å². The molecule has 0 radical (unpaired) electrons. The molecule has 0 amide bonds. The molecule has 3 nitrogen and oxygen atoms in total. The molecule has 2 aliphatic heterocycles. The second-order valence-corrected chi connectivity index (χ2v) is 5.08. The molecule has 0 spiro atoms. The van der Waals surface area contributed by atoms with Gasteiger partial charge >= 0.3 is 0 Å². The van der Waals surface area contributed by atoms with E-state index in [1.807, 2.05) is 0 Å². The third kappa shape index (κ3) is 1.47. The van der Waals surface area contributed by atoms with Gasteiger partial charge in [-0.05, 0) is 47.8 Å². The van der Waals surface area contributed by atoms with E-state index in [1.54, 1.807) is 0 Å². The van der Waals surface area contributed by atoms with Gasteiger partial charge in [-0.1, -0.05) is 6.08 Å². The third-order valence-electron chi connectivity index (χ3n) is 3.56. The van der Waals surface area contributed by atoms with Crippen molar-refractivity contribution in [2.24, 2.45) is 0 Å². The second-order valence-electron chi connectivity index (χ2n) is 4.33. The number of hydrogen-bond acceptors (Lipinski definition) is 3. The number of oxazole rings is 1. The van der Waals surface area contributed by atoms with Crippen molar-refractivity contribution in [3.8, 4) is 0 Å². The average molecular weight is 269 g/mol. The van der Waals surface area contributed by atoms with Crippen LogP contribution in [0.15, 0.2) is 21.5 Å². The Morgan fingerprint density at radius 1 is 1.53 bits per heavy atom. The minimum atomic E-state index is 0.593. The molecule has 0 N–H and O–H groups in total. The molecule has 2 atom stereocenters. The van der Waals surface area contributed by atoms with Crippen molar-refractivity contribution < 1.29 is 4.42 Å². The van der Waals surface area contributed by atoms with E-state index in [2.05, 4.69) is 38.9 Å². The van der Waals surface area contributed by atoms with E-state index in [1.165, 1.54) is 24.8 Å². The van der Waals surface area contributed by atoms with E-state index in [9.17, 15) is 0 Å². The second kappa shape index (κ2) is 3.46. The van der Waals surface area contributed by atoms with E-state index < -0.39 is 0 Å². The number of nitrogens with zero attached hydrogens (tertiary/aromatic N) is 2. The highest BCUT2D eigenvalue weighted by atomic mass is 79.9. The number of likely N-dealkylation sites (N-methyl/N-ethyl adjacent to an activating group) is 1. The number of halogens is 1. The summed E-state index contributed by atoms with van der Waals surface area (Å²) in [5, 5.41) is 0. The molecule has 2 bridgehead atoms. The van der Waals surface area contributed by atoms with Crippen LogP contribution in [0.4, 0.5) is 0 Å². The fraction of sp³-hybridized carbons (Fsp3) is 0.545. The Kier molecular flexibility index (Phi) is 2.21. The van der Waals surface area contributed by atoms with Crippen molar-refractivity contribution in [3.05, 3.63) is 22.8 Å². The van der Waals surface area contributed by atoms with Crippen LogP contribution in [0, 0.1) is 0 Å². The zero-order valence-corrected chi connectivity index (χ0v) is 10.2. The van der Waals surface area contributed by atoms with E-state index >= 15 is 0 Å². The first-order chi connectivity index (χ1) is 7.25. The minimum absolute atomic E-state index is 0.593. The van der Waals surface area contributed by atoms with Gasteiger partial charge < -0.3 is 4.42 Å². The zero-order chi connectivity index (χ0) is 10.4. The largest absolute Gasteiger partial charge is 0.443 e. The summed E-state index contributed by atoms with van der Waals surface area (Å²) in [5.74, 6) is 0.917. The van der Waals surface area contributed by atoms with Crippen LogP contribution in [0.5, 0.6) is 0 Å². The lowest BCUT2D eigenvalue weighted by molar-refractivity contribution is 0.263. The molecule has 4 heteroatoms. The molecule has 0 aromatic carbocycles. The Morgan fingerprint density at radius 2 is 2.40 bits per heavy atom. The van der Waals surface area contributed by atoms with Crippen LogP contribution < -0.4 is 0 Å². The molecule has 2 unspecified atom stereocenters. The summed E-state index contributed by atoms with van der Waals surface area (Å²) in [6.45, 7) is 0. The maximum atomic E-state index is 5.42. The van der Waals surface area contributed by atoms with Crippen LogP contribution in [-0.4, -0.2) is 29.0 Å². The molecule has 1 aromatic heterocycles. The first-order valence-electron chi connectivity index (χ1n) is 5.27. The highest BCUT2D eigenvalue weighted by Crippen LogP contribution is 2.38. The molecular weight excluding hydrogens is 256 g/mol. The van der Waals surface area contributed by atoms with Crippen molar-refractivity contribution in [3.63, 3.8) is 0 Å². The average Bonchev–Trinajstić information content (AvgIpc) is 2.70. The van der Waals surface area contributed by atoms with Gasteiger partial charge in [-0.15, -0.1) is 0 Å². The highest BCUT2D eigenvalue weighted by molar-refractivity contribution is 9.10. The molecule has 1 saturated heterocycles. The van der Waals surface area contributed by atoms with Crippen LogP contribution in [0.3, 0.4) is 0 Å². The smallest absolute Gasteiger partial charge is 0.182 e. The molecular formula is C11H13BrN2O. The summed E-state index contributed by atoms with van der Waals surface area (Å²) in [7, 11) is 2.21. The number of hydrogen-bond donors (Lipinski definition) is 0. The van der Waals surface area contributed by atoms with Gasteiger partial charge in [-0.2, -0.15) is 0 Å². The summed E-state index contributed by atoms with van der Waals surface area (Å²) < 4.78 is 6.25. The van der Waals surface area contributed by atoms with E-state index in [0.29, 0.717) is 12.1 Å². The van der Waals surface area contributed by atoms with Crippen LogP contribution in [-0.2, 0) is 0 Å². The van der Waals surface area contributed by atoms with Gasteiger partial charge in [0.15, 0.2) is 16.8 Å². The van der Waals surface area contributed by atoms with Crippen LogP contribution in [0.25, 0.3) is 5.57 Å². The molecule has 3 heterocycles. The minimum Gasteiger partial charge on any atom is -0.443 e. The summed E-state index contributed by atoms with van der Waals surface area (Å²) in [6, 6.07) is 1.28. The van der Waals surface area contributed by atoms with Crippen molar-refractivity contribution in [2.45, 2.75) is 31.3 Å². The summed E-state index contributed by atoms with van der Waals surface area (Å²) in [4.78, 5) is 6.54. The Morgan fingerprint density at radius 3 is 3.07 bits per heavy atom. The maximum Gasteiger partial charge on any atom is 0.182 e. The molecule has 2 aliphatic rings. The molecule has 1 aromatic rings. The fourth-order valence-electron chi connectivity index (χ4n) is 2.65. The van der Waals surface area contributed by atoms with Crippen LogP contribution in [0.1, 0.15) is 25.0 Å². The van der Waals surface area contributed by atoms with Crippen molar-refractivity contribution in [2.75, 3.05) is 7.05 Å². The van der Waals surface area contributed by atoms with Crippen LogP contribution >= 0.6 is 15.9 Å². The predicted octanol–water partition coefficient (Wildman–Crippen LogP) is 2.69. The number of aromatic nitrogens is 1. The molecule has 15 heavy (non-hydrogen) atoms. The molecule has 0 saturated carbocycles. The third-order valence-corrected chi connectivity index (χ3v) is 4.12. The number of rotatable bonds is 1. The normalized spacial score (nSPS) is 30.7. The maximum absolute atomic E-state index is 5.42. The number of fused-ring (bicyclic) bond motifs is 2. The van der Waals surface area contributed by atoms with E-state index in [4.69, 9.17) is 4.42 Å². The monoisotopic (exact) mass is 268 g/mol. The van der Waals surface area contributed by atoms with Crippen LogP contribution in [0.2, 0.25) is 0 Å². The lowest BCUT2D eigenvalue weighted by Gasteiger charge is -2.29.